The lowest BCUT2D eigenvalue weighted by Crippen LogP contribution is -2.42. The number of benzene rings is 1. The van der Waals surface area contributed by atoms with E-state index in [1.807, 2.05) is 0 Å². The molecule has 3 N–H and O–H groups in total. The number of hydrogen-bond donors (Lipinski definition) is 2. The standard InChI is InChI=1S/C14H20BrN3O3S.ClH/c1-9-7-13(17-10(2)19)12(15)8-14(9)22(20,21)18-5-3-11(16)4-6-18;/h7-8,11H,3-6,16H2,1-2H3,(H,17,19);1H. The van der Waals surface area contributed by atoms with Gasteiger partial charge in [0.1, 0.15) is 0 Å². The first-order valence-corrected chi connectivity index (χ1v) is 9.28. The van der Waals surface area contributed by atoms with E-state index in [0.717, 1.165) is 0 Å². The molecule has 1 aliphatic heterocycles. The van der Waals surface area contributed by atoms with Gasteiger partial charge in [-0.15, -0.1) is 12.4 Å². The Bertz CT molecular complexity index is 689. The highest BCUT2D eigenvalue weighted by molar-refractivity contribution is 9.10. The van der Waals surface area contributed by atoms with Crippen molar-refractivity contribution >= 4 is 50.0 Å². The molecule has 0 aliphatic carbocycles. The Morgan fingerprint density at radius 1 is 1.35 bits per heavy atom. The molecule has 1 aliphatic rings. The van der Waals surface area contributed by atoms with Crippen LogP contribution in [-0.4, -0.2) is 37.8 Å². The van der Waals surface area contributed by atoms with Crippen molar-refractivity contribution in [2.24, 2.45) is 5.73 Å². The average Bonchev–Trinajstić information content (AvgIpc) is 2.42. The fourth-order valence-corrected chi connectivity index (χ4v) is 4.78. The number of carbonyl (C=O) groups is 1. The molecule has 9 heteroatoms. The first-order chi connectivity index (χ1) is 10.2. The first-order valence-electron chi connectivity index (χ1n) is 7.05. The summed E-state index contributed by atoms with van der Waals surface area (Å²) in [5, 5.41) is 2.67. The molecule has 130 valence electrons. The third-order valence-electron chi connectivity index (χ3n) is 3.69. The molecule has 0 spiro atoms. The maximum Gasteiger partial charge on any atom is 0.243 e. The fraction of sp³-hybridized carbons (Fsp3) is 0.500. The summed E-state index contributed by atoms with van der Waals surface area (Å²) >= 11 is 3.32. The molecule has 0 atom stereocenters. The van der Waals surface area contributed by atoms with Crippen LogP contribution in [0.2, 0.25) is 0 Å². The van der Waals surface area contributed by atoms with E-state index in [1.54, 1.807) is 19.1 Å². The highest BCUT2D eigenvalue weighted by atomic mass is 79.9. The van der Waals surface area contributed by atoms with Gasteiger partial charge in [0.15, 0.2) is 0 Å². The van der Waals surface area contributed by atoms with Gasteiger partial charge in [0, 0.05) is 30.5 Å². The van der Waals surface area contributed by atoms with Gasteiger partial charge < -0.3 is 11.1 Å². The number of aryl methyl sites for hydroxylation is 1. The SMILES string of the molecule is CC(=O)Nc1cc(C)c(S(=O)(=O)N2CCC(N)CC2)cc1Br.Cl. The van der Waals surface area contributed by atoms with E-state index in [1.165, 1.54) is 11.2 Å². The Kier molecular flexibility index (Phi) is 7.03. The molecule has 0 radical (unpaired) electrons. The minimum Gasteiger partial charge on any atom is -0.328 e. The Labute approximate surface area is 151 Å². The number of hydrogen-bond acceptors (Lipinski definition) is 4. The summed E-state index contributed by atoms with van der Waals surface area (Å²) in [5.41, 5.74) is 6.99. The van der Waals surface area contributed by atoms with Gasteiger partial charge in [-0.3, -0.25) is 4.79 Å². The van der Waals surface area contributed by atoms with Crippen LogP contribution in [0.5, 0.6) is 0 Å². The molecule has 1 aromatic rings. The van der Waals surface area contributed by atoms with Crippen LogP contribution in [0, 0.1) is 6.92 Å². The molecule has 6 nitrogen and oxygen atoms in total. The molecule has 0 bridgehead atoms. The zero-order chi connectivity index (χ0) is 16.5. The van der Waals surface area contributed by atoms with Crippen LogP contribution in [0.25, 0.3) is 0 Å². The van der Waals surface area contributed by atoms with E-state index in [-0.39, 0.29) is 29.3 Å². The summed E-state index contributed by atoms with van der Waals surface area (Å²) in [6.45, 7) is 4.01. The van der Waals surface area contributed by atoms with Crippen LogP contribution in [-0.2, 0) is 14.8 Å². The highest BCUT2D eigenvalue weighted by Crippen LogP contribution is 2.31. The second kappa shape index (κ2) is 7.94. The topological polar surface area (TPSA) is 92.5 Å². The number of carbonyl (C=O) groups excluding carboxylic acids is 1. The Morgan fingerprint density at radius 2 is 1.91 bits per heavy atom. The summed E-state index contributed by atoms with van der Waals surface area (Å²) < 4.78 is 27.6. The molecular formula is C14H21BrClN3O3S. The molecular weight excluding hydrogens is 406 g/mol. The highest BCUT2D eigenvalue weighted by Gasteiger charge is 2.30. The quantitative estimate of drug-likeness (QED) is 0.775. The number of piperidine rings is 1. The van der Waals surface area contributed by atoms with Crippen molar-refractivity contribution in [3.8, 4) is 0 Å². The van der Waals surface area contributed by atoms with Crippen LogP contribution in [0.4, 0.5) is 5.69 Å². The van der Waals surface area contributed by atoms with Crippen molar-refractivity contribution in [1.82, 2.24) is 4.31 Å². The van der Waals surface area contributed by atoms with Crippen LogP contribution in [0.3, 0.4) is 0 Å². The zero-order valence-electron chi connectivity index (χ0n) is 13.0. The molecule has 23 heavy (non-hydrogen) atoms. The second-order valence-corrected chi connectivity index (χ2v) is 8.28. The van der Waals surface area contributed by atoms with Crippen LogP contribution in [0.1, 0.15) is 25.3 Å². The third-order valence-corrected chi connectivity index (χ3v) is 6.39. The van der Waals surface area contributed by atoms with Gasteiger partial charge >= 0.3 is 0 Å². The van der Waals surface area contributed by atoms with Gasteiger partial charge in [0.2, 0.25) is 15.9 Å². The predicted octanol–water partition coefficient (Wildman–Crippen LogP) is 2.25. The lowest BCUT2D eigenvalue weighted by molar-refractivity contribution is -0.114. The molecule has 1 heterocycles. The normalized spacial score (nSPS) is 16.7. The largest absolute Gasteiger partial charge is 0.328 e. The monoisotopic (exact) mass is 425 g/mol. The Hall–Kier alpha value is -0.670. The van der Waals surface area contributed by atoms with E-state index in [4.69, 9.17) is 5.73 Å². The van der Waals surface area contributed by atoms with Gasteiger partial charge in [-0.1, -0.05) is 0 Å². The summed E-state index contributed by atoms with van der Waals surface area (Å²) in [6, 6.07) is 3.28. The molecule has 1 saturated heterocycles. The molecule has 1 aromatic carbocycles. The van der Waals surface area contributed by atoms with Crippen LogP contribution < -0.4 is 11.1 Å². The average molecular weight is 427 g/mol. The van der Waals surface area contributed by atoms with E-state index < -0.39 is 10.0 Å². The van der Waals surface area contributed by atoms with Gasteiger partial charge in [0.05, 0.1) is 10.6 Å². The van der Waals surface area contributed by atoms with Gasteiger partial charge in [-0.25, -0.2) is 8.42 Å². The lowest BCUT2D eigenvalue weighted by atomic mass is 10.1. The summed E-state index contributed by atoms with van der Waals surface area (Å²) in [7, 11) is -3.55. The van der Waals surface area contributed by atoms with Crippen molar-refractivity contribution in [1.29, 1.82) is 0 Å². The number of amides is 1. The molecule has 1 fully saturated rings. The third kappa shape index (κ3) is 4.67. The van der Waals surface area contributed by atoms with Crippen molar-refractivity contribution in [2.75, 3.05) is 18.4 Å². The molecule has 2 rings (SSSR count). The van der Waals surface area contributed by atoms with Gasteiger partial charge in [-0.05, 0) is 53.4 Å². The predicted molar refractivity (Wildman–Crippen MR) is 96.4 cm³/mol. The molecule has 0 saturated carbocycles. The number of halogens is 2. The summed E-state index contributed by atoms with van der Waals surface area (Å²) in [4.78, 5) is 11.4. The van der Waals surface area contributed by atoms with Crippen LogP contribution in [0.15, 0.2) is 21.5 Å². The number of nitrogens with zero attached hydrogens (tertiary/aromatic N) is 1. The maximum absolute atomic E-state index is 12.8. The van der Waals surface area contributed by atoms with E-state index >= 15 is 0 Å². The van der Waals surface area contributed by atoms with E-state index in [0.29, 0.717) is 41.7 Å². The molecule has 0 unspecified atom stereocenters. The second-order valence-electron chi connectivity index (χ2n) is 5.52. The number of sulfonamides is 1. The van der Waals surface area contributed by atoms with E-state index in [9.17, 15) is 13.2 Å². The Balaban J connectivity index is 0.00000264. The maximum atomic E-state index is 12.8. The van der Waals surface area contributed by atoms with Crippen molar-refractivity contribution in [3.63, 3.8) is 0 Å². The first kappa shape index (κ1) is 20.4. The van der Waals surface area contributed by atoms with Crippen molar-refractivity contribution < 1.29 is 13.2 Å². The number of anilines is 1. The lowest BCUT2D eigenvalue weighted by Gasteiger charge is -2.30. The number of rotatable bonds is 3. The fourth-order valence-electron chi connectivity index (χ4n) is 2.48. The van der Waals surface area contributed by atoms with Gasteiger partial charge in [0.25, 0.3) is 0 Å². The smallest absolute Gasteiger partial charge is 0.243 e. The molecule has 1 amide bonds. The molecule has 0 aromatic heterocycles. The van der Waals surface area contributed by atoms with Crippen LogP contribution >= 0.6 is 28.3 Å². The van der Waals surface area contributed by atoms with E-state index in [2.05, 4.69) is 21.2 Å². The summed E-state index contributed by atoms with van der Waals surface area (Å²) in [5.74, 6) is -0.208. The number of nitrogens with two attached hydrogens (primary N) is 1. The summed E-state index contributed by atoms with van der Waals surface area (Å²) in [6.07, 6.45) is 1.34. The van der Waals surface area contributed by atoms with Crippen molar-refractivity contribution in [2.45, 2.75) is 37.6 Å². The minimum atomic E-state index is -3.55. The Morgan fingerprint density at radius 3 is 2.43 bits per heavy atom. The minimum absolute atomic E-state index is 0. The van der Waals surface area contributed by atoms with Crippen molar-refractivity contribution in [3.05, 3.63) is 22.2 Å². The number of nitrogens with one attached hydrogen (secondary N) is 1. The van der Waals surface area contributed by atoms with Gasteiger partial charge in [-0.2, -0.15) is 4.31 Å². The zero-order valence-corrected chi connectivity index (χ0v) is 16.2.